The van der Waals surface area contributed by atoms with Crippen molar-refractivity contribution in [2.24, 2.45) is 17.6 Å². The standard InChI is InChI=1S/C17H25F2N3O5/c1-8(2)13(9(3)4)26-15(24)17(18,19)27-22-11-6-10(5)12(14(20)23)21(7-11)16(22)25/h6,8-9,11-13H,7H2,1-5H3,(H2,20,23)/t11-,12+/m1/s1. The van der Waals surface area contributed by atoms with Crippen molar-refractivity contribution in [2.45, 2.75) is 58.9 Å². The van der Waals surface area contributed by atoms with Crippen LogP contribution in [0.1, 0.15) is 34.6 Å². The SMILES string of the molecule is CC1=C[C@@H]2CN(C(=O)N2OC(F)(F)C(=O)OC(C(C)C)C(C)C)[C@@H]1C(N)=O. The summed E-state index contributed by atoms with van der Waals surface area (Å²) < 4.78 is 33.6. The molecule has 27 heavy (non-hydrogen) atoms. The third-order valence-electron chi connectivity index (χ3n) is 4.59. The molecule has 152 valence electrons. The van der Waals surface area contributed by atoms with E-state index in [1.54, 1.807) is 34.6 Å². The summed E-state index contributed by atoms with van der Waals surface area (Å²) in [4.78, 5) is 41.4. The predicted molar refractivity (Wildman–Crippen MR) is 90.1 cm³/mol. The number of urea groups is 1. The zero-order valence-corrected chi connectivity index (χ0v) is 15.9. The normalized spacial score (nSPS) is 22.7. The first-order valence-electron chi connectivity index (χ1n) is 8.72. The number of rotatable bonds is 7. The van der Waals surface area contributed by atoms with Crippen molar-refractivity contribution >= 4 is 17.9 Å². The highest BCUT2D eigenvalue weighted by Crippen LogP contribution is 2.33. The number of hydroxylamine groups is 2. The molecule has 8 nitrogen and oxygen atoms in total. The number of fused-ring (bicyclic) bond motifs is 2. The van der Waals surface area contributed by atoms with Gasteiger partial charge in [-0.1, -0.05) is 33.8 Å². The minimum absolute atomic E-state index is 0.0461. The van der Waals surface area contributed by atoms with Gasteiger partial charge in [-0.3, -0.25) is 4.79 Å². The molecule has 2 atom stereocenters. The highest BCUT2D eigenvalue weighted by Gasteiger charge is 2.54. The van der Waals surface area contributed by atoms with Gasteiger partial charge in [0.15, 0.2) is 0 Å². The molecule has 0 aromatic carbocycles. The molecule has 0 unspecified atom stereocenters. The van der Waals surface area contributed by atoms with E-state index in [-0.39, 0.29) is 18.4 Å². The van der Waals surface area contributed by atoms with Gasteiger partial charge in [0.05, 0.1) is 12.6 Å². The zero-order valence-electron chi connectivity index (χ0n) is 15.9. The van der Waals surface area contributed by atoms with Crippen molar-refractivity contribution < 1.29 is 32.7 Å². The van der Waals surface area contributed by atoms with Crippen LogP contribution >= 0.6 is 0 Å². The Kier molecular flexibility index (Phi) is 5.79. The van der Waals surface area contributed by atoms with Crippen LogP contribution in [0.25, 0.3) is 0 Å². The number of nitrogens with two attached hydrogens (primary N) is 1. The summed E-state index contributed by atoms with van der Waals surface area (Å²) in [5.74, 6) is -3.00. The van der Waals surface area contributed by atoms with Gasteiger partial charge in [0.1, 0.15) is 12.1 Å². The van der Waals surface area contributed by atoms with Gasteiger partial charge in [-0.25, -0.2) is 9.59 Å². The minimum Gasteiger partial charge on any atom is -0.455 e. The van der Waals surface area contributed by atoms with Crippen LogP contribution in [-0.2, 0) is 19.2 Å². The summed E-state index contributed by atoms with van der Waals surface area (Å²) in [6.45, 7) is 8.50. The Morgan fingerprint density at radius 3 is 2.30 bits per heavy atom. The van der Waals surface area contributed by atoms with E-state index in [1.165, 1.54) is 6.08 Å². The Hall–Kier alpha value is -2.23. The van der Waals surface area contributed by atoms with Crippen molar-refractivity contribution in [3.8, 4) is 0 Å². The van der Waals surface area contributed by atoms with Gasteiger partial charge in [-0.2, -0.15) is 18.7 Å². The average Bonchev–Trinajstić information content (AvgIpc) is 2.76. The van der Waals surface area contributed by atoms with Gasteiger partial charge in [0.25, 0.3) is 0 Å². The lowest BCUT2D eigenvalue weighted by Gasteiger charge is -2.28. The van der Waals surface area contributed by atoms with Gasteiger partial charge in [0.2, 0.25) is 5.91 Å². The van der Waals surface area contributed by atoms with Crippen LogP contribution in [0.4, 0.5) is 13.6 Å². The third kappa shape index (κ3) is 4.05. The Balaban J connectivity index is 2.15. The van der Waals surface area contributed by atoms with Gasteiger partial charge in [-0.15, -0.1) is 0 Å². The predicted octanol–water partition coefficient (Wildman–Crippen LogP) is 1.65. The number of nitrogens with zero attached hydrogens (tertiary/aromatic N) is 2. The lowest BCUT2D eigenvalue weighted by atomic mass is 9.96. The van der Waals surface area contributed by atoms with E-state index < -0.39 is 42.2 Å². The number of esters is 1. The molecular weight excluding hydrogens is 364 g/mol. The molecule has 2 rings (SSSR count). The van der Waals surface area contributed by atoms with Crippen molar-refractivity contribution in [3.63, 3.8) is 0 Å². The molecule has 3 amide bonds. The van der Waals surface area contributed by atoms with Crippen molar-refractivity contribution in [2.75, 3.05) is 6.54 Å². The largest absolute Gasteiger partial charge is 0.477 e. The molecule has 0 spiro atoms. The lowest BCUT2D eigenvalue weighted by Crippen LogP contribution is -2.49. The molecule has 2 heterocycles. The Bertz CT molecular complexity index is 657. The highest BCUT2D eigenvalue weighted by atomic mass is 19.3. The molecule has 0 saturated carbocycles. The van der Waals surface area contributed by atoms with E-state index in [1.807, 2.05) is 0 Å². The molecule has 0 aromatic heterocycles. The van der Waals surface area contributed by atoms with E-state index >= 15 is 0 Å². The number of carbonyl (C=O) groups is 3. The van der Waals surface area contributed by atoms with E-state index in [4.69, 9.17) is 10.5 Å². The number of hydrogen-bond donors (Lipinski definition) is 1. The van der Waals surface area contributed by atoms with E-state index in [9.17, 15) is 23.2 Å². The number of halogens is 2. The second-order valence-electron chi connectivity index (χ2n) is 7.51. The van der Waals surface area contributed by atoms with Crippen LogP contribution in [0.2, 0.25) is 0 Å². The molecule has 2 aliphatic heterocycles. The summed E-state index contributed by atoms with van der Waals surface area (Å²) in [7, 11) is 0. The summed E-state index contributed by atoms with van der Waals surface area (Å²) >= 11 is 0. The summed E-state index contributed by atoms with van der Waals surface area (Å²) in [6.07, 6.45) is -3.64. The summed E-state index contributed by atoms with van der Waals surface area (Å²) in [5.41, 5.74) is 5.73. The molecule has 2 N–H and O–H groups in total. The van der Waals surface area contributed by atoms with Crippen LogP contribution in [0, 0.1) is 11.8 Å². The van der Waals surface area contributed by atoms with Gasteiger partial charge < -0.3 is 15.4 Å². The number of carbonyl (C=O) groups excluding carboxylic acids is 3. The van der Waals surface area contributed by atoms with Crippen LogP contribution in [0.5, 0.6) is 0 Å². The van der Waals surface area contributed by atoms with E-state index in [0.717, 1.165) is 4.90 Å². The first-order chi connectivity index (χ1) is 12.4. The molecule has 10 heteroatoms. The molecule has 2 aliphatic rings. The van der Waals surface area contributed by atoms with Crippen molar-refractivity contribution in [3.05, 3.63) is 11.6 Å². The fourth-order valence-electron chi connectivity index (χ4n) is 3.48. The quantitative estimate of drug-likeness (QED) is 0.527. The highest BCUT2D eigenvalue weighted by molar-refractivity contribution is 5.90. The minimum atomic E-state index is -4.36. The molecule has 0 radical (unpaired) electrons. The fraction of sp³-hybridized carbons (Fsp3) is 0.706. The number of primary amides is 1. The average molecular weight is 389 g/mol. The summed E-state index contributed by atoms with van der Waals surface area (Å²) in [6, 6.07) is -2.86. The monoisotopic (exact) mass is 389 g/mol. The second kappa shape index (κ2) is 7.41. The molecule has 0 aliphatic carbocycles. The van der Waals surface area contributed by atoms with Gasteiger partial charge in [0, 0.05) is 0 Å². The topological polar surface area (TPSA) is 102 Å². The molecule has 0 aromatic rings. The van der Waals surface area contributed by atoms with Crippen molar-refractivity contribution in [1.29, 1.82) is 0 Å². The van der Waals surface area contributed by atoms with Crippen molar-refractivity contribution in [1.82, 2.24) is 9.96 Å². The first-order valence-corrected chi connectivity index (χ1v) is 8.72. The van der Waals surface area contributed by atoms with Gasteiger partial charge >= 0.3 is 18.1 Å². The zero-order chi connectivity index (χ0) is 20.7. The molecule has 2 bridgehead atoms. The van der Waals surface area contributed by atoms with Crippen LogP contribution in [0.15, 0.2) is 11.6 Å². The smallest absolute Gasteiger partial charge is 0.455 e. The van der Waals surface area contributed by atoms with E-state index in [0.29, 0.717) is 10.6 Å². The third-order valence-corrected chi connectivity index (χ3v) is 4.59. The maximum Gasteiger partial charge on any atom is 0.477 e. The first kappa shape index (κ1) is 21.1. The molecular formula is C17H25F2N3O5. The van der Waals surface area contributed by atoms with Crippen LogP contribution in [0.3, 0.4) is 0 Å². The maximum absolute atomic E-state index is 14.3. The number of ether oxygens (including phenoxy) is 1. The number of hydrogen-bond acceptors (Lipinski definition) is 5. The van der Waals surface area contributed by atoms with Crippen LogP contribution in [-0.4, -0.2) is 58.7 Å². The Morgan fingerprint density at radius 1 is 1.26 bits per heavy atom. The van der Waals surface area contributed by atoms with E-state index in [2.05, 4.69) is 4.84 Å². The Morgan fingerprint density at radius 2 is 1.81 bits per heavy atom. The number of alkyl halides is 2. The second-order valence-corrected chi connectivity index (χ2v) is 7.51. The Labute approximate surface area is 156 Å². The summed E-state index contributed by atoms with van der Waals surface area (Å²) in [5, 5.41) is 0.396. The molecule has 1 fully saturated rings. The van der Waals surface area contributed by atoms with Crippen LogP contribution < -0.4 is 5.73 Å². The number of amides is 3. The lowest BCUT2D eigenvalue weighted by molar-refractivity contribution is -0.329. The molecule has 1 saturated heterocycles. The maximum atomic E-state index is 14.3. The fourth-order valence-corrected chi connectivity index (χ4v) is 3.48. The van der Waals surface area contributed by atoms with Gasteiger partial charge in [-0.05, 0) is 24.3 Å².